The number of nitrogens with one attached hydrogen (secondary N) is 1. The lowest BCUT2D eigenvalue weighted by molar-refractivity contribution is 0.0938. The zero-order chi connectivity index (χ0) is 16.5. The predicted molar refractivity (Wildman–Crippen MR) is 85.9 cm³/mol. The van der Waals surface area contributed by atoms with Gasteiger partial charge in [-0.05, 0) is 42.8 Å². The summed E-state index contributed by atoms with van der Waals surface area (Å²) in [7, 11) is 0. The van der Waals surface area contributed by atoms with E-state index in [1.165, 1.54) is 0 Å². The minimum atomic E-state index is -0.169. The lowest BCUT2D eigenvalue weighted by atomic mass is 10.1. The molecule has 0 fully saturated rings. The Kier molecular flexibility index (Phi) is 3.65. The Morgan fingerprint density at radius 3 is 2.46 bits per heavy atom. The molecule has 2 aromatic carbocycles. The van der Waals surface area contributed by atoms with E-state index in [9.17, 15) is 4.79 Å². The van der Waals surface area contributed by atoms with Crippen molar-refractivity contribution in [1.29, 1.82) is 0 Å². The molecule has 6 nitrogen and oxygen atoms in total. The van der Waals surface area contributed by atoms with E-state index >= 15 is 0 Å². The van der Waals surface area contributed by atoms with Crippen molar-refractivity contribution in [3.63, 3.8) is 0 Å². The smallest absolute Gasteiger partial charge is 0.251 e. The lowest BCUT2D eigenvalue weighted by Crippen LogP contribution is -2.27. The first-order chi connectivity index (χ1) is 11.7. The van der Waals surface area contributed by atoms with Crippen LogP contribution in [0, 0.1) is 0 Å². The van der Waals surface area contributed by atoms with Crippen LogP contribution in [0.25, 0.3) is 0 Å². The first-order valence-corrected chi connectivity index (χ1v) is 7.81. The Balaban J connectivity index is 1.49. The summed E-state index contributed by atoms with van der Waals surface area (Å²) in [5.41, 5.74) is 1.48. The molecule has 0 aromatic heterocycles. The lowest BCUT2D eigenvalue weighted by Gasteiger charge is -2.19. The largest absolute Gasteiger partial charge is 0.486 e. The third-order valence-electron chi connectivity index (χ3n) is 4.05. The van der Waals surface area contributed by atoms with Gasteiger partial charge in [0.1, 0.15) is 13.2 Å². The van der Waals surface area contributed by atoms with Gasteiger partial charge in [0.15, 0.2) is 23.0 Å². The van der Waals surface area contributed by atoms with Crippen molar-refractivity contribution >= 4 is 5.91 Å². The molecule has 4 rings (SSSR count). The Hall–Kier alpha value is -2.89. The molecular formula is C18H17NO5. The zero-order valence-corrected chi connectivity index (χ0v) is 13.2. The van der Waals surface area contributed by atoms with Gasteiger partial charge in [0.2, 0.25) is 6.79 Å². The summed E-state index contributed by atoms with van der Waals surface area (Å²) in [6, 6.07) is 10.7. The highest BCUT2D eigenvalue weighted by molar-refractivity contribution is 5.95. The van der Waals surface area contributed by atoms with E-state index in [0.717, 1.165) is 11.3 Å². The highest BCUT2D eigenvalue weighted by Crippen LogP contribution is 2.34. The molecule has 2 aliphatic rings. The average molecular weight is 327 g/mol. The van der Waals surface area contributed by atoms with E-state index < -0.39 is 0 Å². The van der Waals surface area contributed by atoms with Crippen LogP contribution < -0.4 is 24.3 Å². The monoisotopic (exact) mass is 327 g/mol. The molecule has 2 heterocycles. The van der Waals surface area contributed by atoms with Gasteiger partial charge in [-0.25, -0.2) is 0 Å². The van der Waals surface area contributed by atoms with Gasteiger partial charge in [-0.2, -0.15) is 0 Å². The molecule has 1 N–H and O–H groups in total. The molecule has 0 bridgehead atoms. The van der Waals surface area contributed by atoms with Gasteiger partial charge in [-0.15, -0.1) is 0 Å². The standard InChI is InChI=1S/C18H17NO5/c1-11(12-2-4-15-17(8-12)24-10-23-15)19-18(20)13-3-5-14-16(9-13)22-7-6-21-14/h2-5,8-9,11H,6-7,10H2,1H3,(H,19,20). The van der Waals surface area contributed by atoms with Gasteiger partial charge >= 0.3 is 0 Å². The number of carbonyl (C=O) groups is 1. The predicted octanol–water partition coefficient (Wildman–Crippen LogP) is 2.68. The number of carbonyl (C=O) groups excluding carboxylic acids is 1. The van der Waals surface area contributed by atoms with E-state index in [1.54, 1.807) is 18.2 Å². The molecule has 1 unspecified atom stereocenters. The molecule has 2 aliphatic heterocycles. The Labute approximate surface area is 139 Å². The zero-order valence-electron chi connectivity index (χ0n) is 13.2. The van der Waals surface area contributed by atoms with Crippen molar-refractivity contribution in [2.75, 3.05) is 20.0 Å². The molecule has 6 heteroatoms. The van der Waals surface area contributed by atoms with Gasteiger partial charge in [0.05, 0.1) is 6.04 Å². The minimum absolute atomic E-state index is 0.166. The summed E-state index contributed by atoms with van der Waals surface area (Å²) >= 11 is 0. The summed E-state index contributed by atoms with van der Waals surface area (Å²) in [6.07, 6.45) is 0. The molecule has 0 saturated carbocycles. The second kappa shape index (κ2) is 5.96. The van der Waals surface area contributed by atoms with Crippen LogP contribution in [-0.4, -0.2) is 25.9 Å². The van der Waals surface area contributed by atoms with Gasteiger partial charge < -0.3 is 24.3 Å². The van der Waals surface area contributed by atoms with Gasteiger partial charge in [-0.1, -0.05) is 6.07 Å². The van der Waals surface area contributed by atoms with Crippen molar-refractivity contribution in [2.45, 2.75) is 13.0 Å². The summed E-state index contributed by atoms with van der Waals surface area (Å²) < 4.78 is 21.7. The Bertz CT molecular complexity index is 789. The van der Waals surface area contributed by atoms with Crippen LogP contribution in [0.5, 0.6) is 23.0 Å². The fourth-order valence-electron chi connectivity index (χ4n) is 2.73. The fourth-order valence-corrected chi connectivity index (χ4v) is 2.73. The molecule has 1 atom stereocenters. The first kappa shape index (κ1) is 14.7. The van der Waals surface area contributed by atoms with E-state index in [-0.39, 0.29) is 18.7 Å². The highest BCUT2D eigenvalue weighted by Gasteiger charge is 2.19. The number of benzene rings is 2. The van der Waals surface area contributed by atoms with Gasteiger partial charge in [0, 0.05) is 5.56 Å². The maximum absolute atomic E-state index is 12.5. The molecule has 24 heavy (non-hydrogen) atoms. The SMILES string of the molecule is CC(NC(=O)c1ccc2c(c1)OCCO2)c1ccc2c(c1)OCO2. The van der Waals surface area contributed by atoms with Crippen LogP contribution in [0.15, 0.2) is 36.4 Å². The molecule has 2 aromatic rings. The molecule has 0 spiro atoms. The molecular weight excluding hydrogens is 310 g/mol. The molecule has 124 valence electrons. The van der Waals surface area contributed by atoms with Crippen molar-refractivity contribution in [3.05, 3.63) is 47.5 Å². The minimum Gasteiger partial charge on any atom is -0.486 e. The molecule has 0 saturated heterocycles. The molecule has 0 radical (unpaired) electrons. The van der Waals surface area contributed by atoms with Crippen LogP contribution >= 0.6 is 0 Å². The van der Waals surface area contributed by atoms with E-state index in [0.29, 0.717) is 36.0 Å². The summed E-state index contributed by atoms with van der Waals surface area (Å²) in [5.74, 6) is 2.53. The number of hydrogen-bond acceptors (Lipinski definition) is 5. The van der Waals surface area contributed by atoms with Crippen LogP contribution in [0.1, 0.15) is 28.9 Å². The van der Waals surface area contributed by atoms with E-state index in [1.807, 2.05) is 25.1 Å². The number of fused-ring (bicyclic) bond motifs is 2. The normalized spacial score (nSPS) is 15.7. The van der Waals surface area contributed by atoms with Crippen molar-refractivity contribution in [2.24, 2.45) is 0 Å². The molecule has 0 aliphatic carbocycles. The maximum atomic E-state index is 12.5. The number of amides is 1. The highest BCUT2D eigenvalue weighted by atomic mass is 16.7. The number of hydrogen-bond donors (Lipinski definition) is 1. The second-order valence-electron chi connectivity index (χ2n) is 5.67. The third-order valence-corrected chi connectivity index (χ3v) is 4.05. The van der Waals surface area contributed by atoms with Crippen molar-refractivity contribution in [1.82, 2.24) is 5.32 Å². The summed E-state index contributed by atoms with van der Waals surface area (Å²) in [6.45, 7) is 3.18. The fraction of sp³-hybridized carbons (Fsp3) is 0.278. The van der Waals surface area contributed by atoms with E-state index in [4.69, 9.17) is 18.9 Å². The Morgan fingerprint density at radius 2 is 1.58 bits per heavy atom. The van der Waals surface area contributed by atoms with Gasteiger partial charge in [0.25, 0.3) is 5.91 Å². The third kappa shape index (κ3) is 2.71. The second-order valence-corrected chi connectivity index (χ2v) is 5.67. The first-order valence-electron chi connectivity index (χ1n) is 7.81. The maximum Gasteiger partial charge on any atom is 0.251 e. The number of rotatable bonds is 3. The van der Waals surface area contributed by atoms with Gasteiger partial charge in [-0.3, -0.25) is 4.79 Å². The van der Waals surface area contributed by atoms with Crippen molar-refractivity contribution < 1.29 is 23.7 Å². The quantitative estimate of drug-likeness (QED) is 0.939. The molecule has 1 amide bonds. The van der Waals surface area contributed by atoms with Crippen LogP contribution in [0.2, 0.25) is 0 Å². The summed E-state index contributed by atoms with van der Waals surface area (Å²) in [4.78, 5) is 12.5. The average Bonchev–Trinajstić information content (AvgIpc) is 3.08. The van der Waals surface area contributed by atoms with Crippen molar-refractivity contribution in [3.8, 4) is 23.0 Å². The topological polar surface area (TPSA) is 66.0 Å². The van der Waals surface area contributed by atoms with Crippen LogP contribution in [0.4, 0.5) is 0 Å². The van der Waals surface area contributed by atoms with E-state index in [2.05, 4.69) is 5.32 Å². The van der Waals surface area contributed by atoms with Crippen LogP contribution in [-0.2, 0) is 0 Å². The summed E-state index contributed by atoms with van der Waals surface area (Å²) in [5, 5.41) is 2.98. The van der Waals surface area contributed by atoms with Crippen LogP contribution in [0.3, 0.4) is 0 Å². The number of ether oxygens (including phenoxy) is 4. The Morgan fingerprint density at radius 1 is 0.917 bits per heavy atom.